The highest BCUT2D eigenvalue weighted by molar-refractivity contribution is 14.1. The van der Waals surface area contributed by atoms with Gasteiger partial charge in [-0.15, -0.1) is 0 Å². The third-order valence-corrected chi connectivity index (χ3v) is 9.99. The van der Waals surface area contributed by atoms with E-state index in [1.807, 2.05) is 13.8 Å². The average molecular weight is 704 g/mol. The number of rotatable bonds is 6. The van der Waals surface area contributed by atoms with Crippen molar-refractivity contribution >= 4 is 75.1 Å². The molecule has 0 N–H and O–H groups in total. The third-order valence-electron chi connectivity index (χ3n) is 6.53. The molecule has 0 aliphatic heterocycles. The second-order valence-electron chi connectivity index (χ2n) is 9.75. The highest BCUT2D eigenvalue weighted by Gasteiger charge is 2.27. The lowest BCUT2D eigenvalue weighted by atomic mass is 9.98. The summed E-state index contributed by atoms with van der Waals surface area (Å²) in [5, 5.41) is 2.54. The molecule has 1 unspecified atom stereocenters. The molecule has 0 saturated carbocycles. The summed E-state index contributed by atoms with van der Waals surface area (Å²) in [5.74, 6) is -0.128. The van der Waals surface area contributed by atoms with Crippen LogP contribution in [-0.4, -0.2) is 12.6 Å². The van der Waals surface area contributed by atoms with Gasteiger partial charge in [-0.1, -0.05) is 28.1 Å². The van der Waals surface area contributed by atoms with Crippen LogP contribution >= 0.6 is 49.0 Å². The van der Waals surface area contributed by atoms with Crippen molar-refractivity contribution in [3.8, 4) is 10.6 Å². The van der Waals surface area contributed by atoms with Gasteiger partial charge in [-0.3, -0.25) is 0 Å². The number of carbonyl (C=O) groups excluding carboxylic acids is 1. The minimum Gasteiger partial charge on any atom is -0.481 e. The average Bonchev–Trinajstić information content (AvgIpc) is 3.16. The van der Waals surface area contributed by atoms with Crippen molar-refractivity contribution in [3.63, 3.8) is 0 Å². The van der Waals surface area contributed by atoms with Gasteiger partial charge in [-0.05, 0) is 109 Å². The van der Waals surface area contributed by atoms with Crippen LogP contribution in [0.2, 0.25) is 0 Å². The fourth-order valence-corrected chi connectivity index (χ4v) is 8.14. The number of carbonyl (C=O) groups is 1. The molecule has 1 heterocycles. The van der Waals surface area contributed by atoms with Crippen LogP contribution in [-0.2, 0) is 15.1 Å². The Kier molecular flexibility index (Phi) is 7.55. The maximum atomic E-state index is 13.3. The van der Waals surface area contributed by atoms with Crippen LogP contribution in [0.15, 0.2) is 77.3 Å². The van der Waals surface area contributed by atoms with Crippen LogP contribution in [0.25, 0.3) is 25.1 Å². The van der Waals surface area contributed by atoms with E-state index in [-0.39, 0.29) is 22.9 Å². The molecule has 0 radical (unpaired) electrons. The Labute approximate surface area is 246 Å². The predicted molar refractivity (Wildman–Crippen MR) is 166 cm³/mol. The number of hydrogen-bond acceptors (Lipinski definition) is 3. The smallest absolute Gasteiger partial charge is 0.345 e. The fourth-order valence-electron chi connectivity index (χ4n) is 4.77. The third kappa shape index (κ3) is 5.33. The molecule has 3 nitrogen and oxygen atoms in total. The zero-order valence-electron chi connectivity index (χ0n) is 21.4. The van der Waals surface area contributed by atoms with Crippen molar-refractivity contribution in [1.82, 2.24) is 0 Å². The molecular formula is C31H26BrFIO3S+. The van der Waals surface area contributed by atoms with Gasteiger partial charge >= 0.3 is 5.97 Å². The summed E-state index contributed by atoms with van der Waals surface area (Å²) in [6.45, 7) is 7.37. The van der Waals surface area contributed by atoms with Gasteiger partial charge in [0.1, 0.15) is 17.2 Å². The minimum atomic E-state index is -0.903. The Balaban J connectivity index is 1.42. The molecule has 4 aromatic carbocycles. The van der Waals surface area contributed by atoms with E-state index in [4.69, 9.17) is 9.47 Å². The predicted octanol–water partition coefficient (Wildman–Crippen LogP) is 9.71. The van der Waals surface area contributed by atoms with E-state index in [1.54, 1.807) is 26.0 Å². The van der Waals surface area contributed by atoms with Crippen LogP contribution in [0.3, 0.4) is 0 Å². The van der Waals surface area contributed by atoms with Crippen molar-refractivity contribution in [2.45, 2.75) is 33.3 Å². The SMILES string of the molecule is Cc1cc(-[s+]2c3ccc(Br)cc3c3cc(I)ccc32)cc(C)c1OCC(=O)OC(C)(C)c1ccc(F)cc1. The van der Waals surface area contributed by atoms with Crippen LogP contribution in [0.4, 0.5) is 4.39 Å². The maximum Gasteiger partial charge on any atom is 0.345 e. The molecule has 0 spiro atoms. The van der Waals surface area contributed by atoms with Crippen LogP contribution in [0, 0.1) is 23.2 Å². The molecule has 0 bridgehead atoms. The number of fused-ring (bicyclic) bond motifs is 3. The molecule has 194 valence electrons. The van der Waals surface area contributed by atoms with Crippen molar-refractivity contribution in [3.05, 3.63) is 103 Å². The molecule has 0 fully saturated rings. The molecule has 38 heavy (non-hydrogen) atoms. The van der Waals surface area contributed by atoms with Gasteiger partial charge in [0.25, 0.3) is 0 Å². The van der Waals surface area contributed by atoms with Crippen LogP contribution < -0.4 is 4.74 Å². The molecule has 0 saturated heterocycles. The first-order valence-electron chi connectivity index (χ1n) is 12.1. The second kappa shape index (κ2) is 10.6. The summed E-state index contributed by atoms with van der Waals surface area (Å²) in [6, 6.07) is 23.5. The molecule has 1 atom stereocenters. The lowest BCUT2D eigenvalue weighted by Crippen LogP contribution is -2.28. The van der Waals surface area contributed by atoms with Gasteiger partial charge in [0.2, 0.25) is 0 Å². The van der Waals surface area contributed by atoms with E-state index in [0.717, 1.165) is 15.6 Å². The normalized spacial score (nSPS) is 12.2. The fraction of sp³-hybridized carbons (Fsp3) is 0.194. The van der Waals surface area contributed by atoms with Crippen molar-refractivity contribution in [2.24, 2.45) is 0 Å². The molecule has 5 rings (SSSR count). The van der Waals surface area contributed by atoms with Crippen molar-refractivity contribution < 1.29 is 18.7 Å². The zero-order chi connectivity index (χ0) is 27.2. The number of benzene rings is 4. The first kappa shape index (κ1) is 27.1. The Bertz CT molecular complexity index is 1610. The number of hydrogen-bond donors (Lipinski definition) is 0. The van der Waals surface area contributed by atoms with E-state index in [0.29, 0.717) is 11.3 Å². The number of halogens is 3. The topological polar surface area (TPSA) is 35.5 Å². The van der Waals surface area contributed by atoms with Gasteiger partial charge in [-0.25, -0.2) is 9.18 Å². The molecule has 7 heteroatoms. The molecule has 0 aliphatic carbocycles. The van der Waals surface area contributed by atoms with Gasteiger partial charge < -0.3 is 9.47 Å². The summed E-state index contributed by atoms with van der Waals surface area (Å²) in [7, 11) is -0.233. The highest BCUT2D eigenvalue weighted by atomic mass is 127. The van der Waals surface area contributed by atoms with Gasteiger partial charge in [-0.2, -0.15) is 0 Å². The first-order chi connectivity index (χ1) is 18.0. The lowest BCUT2D eigenvalue weighted by Gasteiger charge is -2.25. The summed E-state index contributed by atoms with van der Waals surface area (Å²) >= 11 is 6.01. The van der Waals surface area contributed by atoms with E-state index >= 15 is 0 Å². The first-order valence-corrected chi connectivity index (χ1v) is 15.2. The van der Waals surface area contributed by atoms with Gasteiger partial charge in [0.15, 0.2) is 20.9 Å². The minimum absolute atomic E-state index is 0.213. The van der Waals surface area contributed by atoms with E-state index in [9.17, 15) is 9.18 Å². The van der Waals surface area contributed by atoms with Crippen molar-refractivity contribution in [1.29, 1.82) is 0 Å². The monoisotopic (exact) mass is 703 g/mol. The molecule has 1 aromatic heterocycles. The molecule has 5 aromatic rings. The highest BCUT2D eigenvalue weighted by Crippen LogP contribution is 2.50. The van der Waals surface area contributed by atoms with E-state index in [2.05, 4.69) is 87.1 Å². The standard InChI is InChI=1S/C31H26BrFIO3S/c1-18-13-24(38-27-11-7-21(32)15-25(27)26-16-23(34)10-12-28(26)38)14-19(2)30(18)36-17-29(35)37-31(3,4)20-5-8-22(33)9-6-20/h5-16H,17H2,1-4H3/q+1. The largest absolute Gasteiger partial charge is 0.481 e. The number of ether oxygens (including phenoxy) is 2. The van der Waals surface area contributed by atoms with Crippen LogP contribution in [0.1, 0.15) is 30.5 Å². The Hall–Kier alpha value is -2.49. The summed E-state index contributed by atoms with van der Waals surface area (Å²) < 4.78 is 29.9. The van der Waals surface area contributed by atoms with E-state index in [1.165, 1.54) is 40.8 Å². The van der Waals surface area contributed by atoms with Crippen molar-refractivity contribution in [2.75, 3.05) is 6.61 Å². The van der Waals surface area contributed by atoms with Crippen LogP contribution in [0.5, 0.6) is 5.75 Å². The quantitative estimate of drug-likeness (QED) is 0.100. The summed E-state index contributed by atoms with van der Waals surface area (Å²) in [4.78, 5) is 13.9. The number of thiophene rings is 1. The Morgan fingerprint density at radius 1 is 0.921 bits per heavy atom. The molecule has 0 amide bonds. The van der Waals surface area contributed by atoms with Gasteiger partial charge in [0.05, 0.1) is 0 Å². The number of esters is 1. The number of aryl methyl sites for hydroxylation is 2. The molecule has 0 aliphatic rings. The maximum absolute atomic E-state index is 13.3. The summed E-state index contributed by atoms with van der Waals surface area (Å²) in [6.07, 6.45) is 0. The summed E-state index contributed by atoms with van der Waals surface area (Å²) in [5.41, 5.74) is 1.74. The Morgan fingerprint density at radius 2 is 1.53 bits per heavy atom. The lowest BCUT2D eigenvalue weighted by molar-refractivity contribution is -0.159. The second-order valence-corrected chi connectivity index (χ2v) is 13.9. The molecular weight excluding hydrogens is 678 g/mol. The van der Waals surface area contributed by atoms with E-state index < -0.39 is 11.6 Å². The Morgan fingerprint density at radius 3 is 2.18 bits per heavy atom. The van der Waals surface area contributed by atoms with Gasteiger partial charge in [0, 0.05) is 47.5 Å². The zero-order valence-corrected chi connectivity index (χ0v) is 26.0.